The summed E-state index contributed by atoms with van der Waals surface area (Å²) in [7, 11) is 1.63. The van der Waals surface area contributed by atoms with Crippen molar-refractivity contribution in [1.29, 1.82) is 0 Å². The number of rotatable bonds is 4. The molecule has 2 rings (SSSR count). The molecule has 22 heavy (non-hydrogen) atoms. The first-order valence-corrected chi connectivity index (χ1v) is 7.25. The molecule has 0 fully saturated rings. The fraction of sp³-hybridized carbons (Fsp3) is 0.375. The van der Waals surface area contributed by atoms with E-state index in [9.17, 15) is 0 Å². The Balaban J connectivity index is 0.00000116. The molecule has 0 atom stereocenters. The summed E-state index contributed by atoms with van der Waals surface area (Å²) >= 11 is 0. The maximum atomic E-state index is 5.79. The molecule has 0 saturated carbocycles. The predicted octanol–water partition coefficient (Wildman–Crippen LogP) is 3.59. The monoisotopic (exact) mass is 304 g/mol. The molecule has 1 aromatic carbocycles. The Bertz CT molecular complexity index is 615. The van der Waals surface area contributed by atoms with Gasteiger partial charge in [-0.25, -0.2) is 4.98 Å². The van der Waals surface area contributed by atoms with E-state index in [0.29, 0.717) is 11.5 Å². The molecule has 6 nitrogen and oxygen atoms in total. The van der Waals surface area contributed by atoms with Crippen LogP contribution in [0.2, 0.25) is 0 Å². The lowest BCUT2D eigenvalue weighted by atomic mass is 10.0. The lowest BCUT2D eigenvalue weighted by Crippen LogP contribution is -2.02. The van der Waals surface area contributed by atoms with Gasteiger partial charge in [0.15, 0.2) is 11.6 Å². The van der Waals surface area contributed by atoms with E-state index >= 15 is 0 Å². The van der Waals surface area contributed by atoms with Crippen LogP contribution in [0.25, 0.3) is 0 Å². The van der Waals surface area contributed by atoms with Crippen molar-refractivity contribution in [2.45, 2.75) is 33.6 Å². The fourth-order valence-corrected chi connectivity index (χ4v) is 1.79. The van der Waals surface area contributed by atoms with E-state index in [1.165, 1.54) is 6.20 Å². The van der Waals surface area contributed by atoms with Gasteiger partial charge in [0, 0.05) is 5.56 Å². The van der Waals surface area contributed by atoms with E-state index in [-0.39, 0.29) is 17.7 Å². The number of ether oxygens (including phenoxy) is 2. The minimum Gasteiger partial charge on any atom is -0.497 e. The van der Waals surface area contributed by atoms with Crippen LogP contribution in [0.15, 0.2) is 24.4 Å². The molecule has 4 N–H and O–H groups in total. The zero-order valence-electron chi connectivity index (χ0n) is 13.8. The van der Waals surface area contributed by atoms with Gasteiger partial charge < -0.3 is 20.9 Å². The van der Waals surface area contributed by atoms with E-state index in [2.05, 4.69) is 23.8 Å². The van der Waals surface area contributed by atoms with Crippen LogP contribution in [0.1, 0.15) is 39.2 Å². The summed E-state index contributed by atoms with van der Waals surface area (Å²) in [6, 6.07) is 5.61. The molecule has 0 aliphatic heterocycles. The molecule has 0 saturated heterocycles. The van der Waals surface area contributed by atoms with Crippen molar-refractivity contribution < 1.29 is 9.47 Å². The van der Waals surface area contributed by atoms with Gasteiger partial charge in [-0.1, -0.05) is 27.7 Å². The Morgan fingerprint density at radius 2 is 1.77 bits per heavy atom. The second kappa shape index (κ2) is 8.07. The number of hydrogen-bond acceptors (Lipinski definition) is 6. The molecule has 120 valence electrons. The normalized spacial score (nSPS) is 9.91. The lowest BCUT2D eigenvalue weighted by molar-refractivity contribution is 0.411. The van der Waals surface area contributed by atoms with Crippen LogP contribution in [0.3, 0.4) is 0 Å². The number of nitrogens with zero attached hydrogens (tertiary/aromatic N) is 2. The third kappa shape index (κ3) is 4.25. The Kier molecular flexibility index (Phi) is 6.44. The van der Waals surface area contributed by atoms with E-state index in [1.807, 2.05) is 32.0 Å². The average molecular weight is 304 g/mol. The number of hydrogen-bond donors (Lipinski definition) is 2. The van der Waals surface area contributed by atoms with Crippen molar-refractivity contribution in [3.05, 3.63) is 30.0 Å². The minimum absolute atomic E-state index is 0.119. The van der Waals surface area contributed by atoms with Gasteiger partial charge in [0.2, 0.25) is 5.95 Å². The number of benzene rings is 1. The molecular weight excluding hydrogens is 280 g/mol. The first kappa shape index (κ1) is 17.6. The summed E-state index contributed by atoms with van der Waals surface area (Å²) in [5, 5.41) is 0. The van der Waals surface area contributed by atoms with Gasteiger partial charge in [-0.2, -0.15) is 4.98 Å². The molecule has 6 heteroatoms. The van der Waals surface area contributed by atoms with Crippen LogP contribution in [0.4, 0.5) is 11.8 Å². The molecule has 0 amide bonds. The van der Waals surface area contributed by atoms with Crippen molar-refractivity contribution in [2.75, 3.05) is 18.6 Å². The molecule has 2 aromatic rings. The topological polar surface area (TPSA) is 96.3 Å². The number of aromatic nitrogens is 2. The molecule has 0 bridgehead atoms. The number of nitrogen functional groups attached to an aromatic ring is 2. The Morgan fingerprint density at radius 1 is 1.09 bits per heavy atom. The largest absolute Gasteiger partial charge is 0.497 e. The van der Waals surface area contributed by atoms with Crippen molar-refractivity contribution in [3.63, 3.8) is 0 Å². The van der Waals surface area contributed by atoms with Crippen molar-refractivity contribution in [3.8, 4) is 17.2 Å². The molecule has 0 unspecified atom stereocenters. The van der Waals surface area contributed by atoms with Gasteiger partial charge in [-0.05, 0) is 24.1 Å². The Labute approximate surface area is 131 Å². The van der Waals surface area contributed by atoms with E-state index in [1.54, 1.807) is 7.11 Å². The van der Waals surface area contributed by atoms with Gasteiger partial charge in [0.1, 0.15) is 11.5 Å². The highest BCUT2D eigenvalue weighted by Gasteiger charge is 2.12. The summed E-state index contributed by atoms with van der Waals surface area (Å²) in [6.07, 6.45) is 1.46. The smallest absolute Gasteiger partial charge is 0.222 e. The number of anilines is 2. The third-order valence-electron chi connectivity index (χ3n) is 2.86. The van der Waals surface area contributed by atoms with Crippen molar-refractivity contribution >= 4 is 11.8 Å². The number of nitrogens with two attached hydrogens (primary N) is 2. The van der Waals surface area contributed by atoms with Crippen molar-refractivity contribution in [2.24, 2.45) is 0 Å². The average Bonchev–Trinajstić information content (AvgIpc) is 2.52. The SMILES string of the molecule is CC.COc1ccc(Oc2cnc(N)nc2N)c(C(C)C)c1. The highest BCUT2D eigenvalue weighted by Crippen LogP contribution is 2.34. The van der Waals surface area contributed by atoms with Crippen LogP contribution in [0.5, 0.6) is 17.2 Å². The Morgan fingerprint density at radius 3 is 2.32 bits per heavy atom. The maximum absolute atomic E-state index is 5.79. The van der Waals surface area contributed by atoms with E-state index in [0.717, 1.165) is 11.3 Å². The number of methoxy groups -OCH3 is 1. The van der Waals surface area contributed by atoms with Gasteiger partial charge >= 0.3 is 0 Å². The molecule has 0 aliphatic carbocycles. The van der Waals surface area contributed by atoms with Crippen LogP contribution in [0, 0.1) is 0 Å². The second-order valence-electron chi connectivity index (χ2n) is 4.64. The highest BCUT2D eigenvalue weighted by molar-refractivity contribution is 5.51. The van der Waals surface area contributed by atoms with E-state index in [4.69, 9.17) is 20.9 Å². The van der Waals surface area contributed by atoms with Gasteiger partial charge in [-0.15, -0.1) is 0 Å². The third-order valence-corrected chi connectivity index (χ3v) is 2.86. The molecular formula is C16H24N4O2. The lowest BCUT2D eigenvalue weighted by Gasteiger charge is -2.15. The van der Waals surface area contributed by atoms with Crippen LogP contribution >= 0.6 is 0 Å². The predicted molar refractivity (Wildman–Crippen MR) is 89.4 cm³/mol. The highest BCUT2D eigenvalue weighted by atomic mass is 16.5. The van der Waals surface area contributed by atoms with Crippen LogP contribution in [-0.2, 0) is 0 Å². The van der Waals surface area contributed by atoms with Gasteiger partial charge in [0.05, 0.1) is 13.3 Å². The zero-order chi connectivity index (χ0) is 16.7. The minimum atomic E-state index is 0.119. The second-order valence-corrected chi connectivity index (χ2v) is 4.64. The standard InChI is InChI=1S/C14H18N4O2.C2H6/c1-8(2)10-6-9(19-3)4-5-11(10)20-12-7-17-14(16)18-13(12)15;1-2/h4-8H,1-3H3,(H4,15,16,17,18);1-2H3. The molecule has 1 heterocycles. The van der Waals surface area contributed by atoms with Gasteiger partial charge in [-0.3, -0.25) is 0 Å². The van der Waals surface area contributed by atoms with Crippen LogP contribution in [-0.4, -0.2) is 17.1 Å². The summed E-state index contributed by atoms with van der Waals surface area (Å²) in [4.78, 5) is 7.75. The molecule has 0 radical (unpaired) electrons. The first-order chi connectivity index (χ1) is 10.5. The quantitative estimate of drug-likeness (QED) is 0.896. The Hall–Kier alpha value is -2.50. The molecule has 0 spiro atoms. The first-order valence-electron chi connectivity index (χ1n) is 7.25. The molecule has 1 aromatic heterocycles. The van der Waals surface area contributed by atoms with Crippen molar-refractivity contribution in [1.82, 2.24) is 9.97 Å². The fourth-order valence-electron chi connectivity index (χ4n) is 1.79. The summed E-state index contributed by atoms with van der Waals surface area (Å²) < 4.78 is 11.0. The zero-order valence-corrected chi connectivity index (χ0v) is 13.8. The van der Waals surface area contributed by atoms with Crippen LogP contribution < -0.4 is 20.9 Å². The van der Waals surface area contributed by atoms with E-state index < -0.39 is 0 Å². The summed E-state index contributed by atoms with van der Waals surface area (Å²) in [5.41, 5.74) is 12.2. The summed E-state index contributed by atoms with van der Waals surface area (Å²) in [5.74, 6) is 2.46. The maximum Gasteiger partial charge on any atom is 0.222 e. The summed E-state index contributed by atoms with van der Waals surface area (Å²) in [6.45, 7) is 8.15. The molecule has 0 aliphatic rings. The van der Waals surface area contributed by atoms with Gasteiger partial charge in [0.25, 0.3) is 0 Å².